The summed E-state index contributed by atoms with van der Waals surface area (Å²) in [6.45, 7) is 2.56. The summed E-state index contributed by atoms with van der Waals surface area (Å²) >= 11 is 0. The average molecular weight is 322 g/mol. The number of carbonyl (C=O) groups is 2. The Morgan fingerprint density at radius 1 is 1.17 bits per heavy atom. The van der Waals surface area contributed by atoms with Crippen molar-refractivity contribution in [3.05, 3.63) is 0 Å². The van der Waals surface area contributed by atoms with Gasteiger partial charge in [-0.1, -0.05) is 19.3 Å². The third-order valence-electron chi connectivity index (χ3n) is 5.77. The molecule has 3 aliphatic rings. The van der Waals surface area contributed by atoms with Crippen LogP contribution in [0.4, 0.5) is 0 Å². The van der Waals surface area contributed by atoms with Gasteiger partial charge >= 0.3 is 0 Å². The van der Waals surface area contributed by atoms with Crippen LogP contribution in [0.15, 0.2) is 0 Å². The molecule has 0 unspecified atom stereocenters. The summed E-state index contributed by atoms with van der Waals surface area (Å²) in [5.74, 6) is 0.942. The highest BCUT2D eigenvalue weighted by Crippen LogP contribution is 2.44. The molecule has 0 aromatic rings. The molecule has 2 aliphatic heterocycles. The number of piperidine rings is 1. The number of likely N-dealkylation sites (tertiary alicyclic amines) is 2. The standard InChI is InChI=1S/C18H30N2O3/c21-14-18(11-15-6-7-15)8-4-10-20(13-18)17(23)12-19-9-3-1-2-5-16(19)22/h15,21H,1-14H2/t18-/m1/s1. The van der Waals surface area contributed by atoms with Gasteiger partial charge < -0.3 is 14.9 Å². The third-order valence-corrected chi connectivity index (χ3v) is 5.77. The van der Waals surface area contributed by atoms with E-state index in [0.29, 0.717) is 19.5 Å². The molecular weight excluding hydrogens is 292 g/mol. The van der Waals surface area contributed by atoms with Crippen LogP contribution >= 0.6 is 0 Å². The van der Waals surface area contributed by atoms with Gasteiger partial charge in [-0.2, -0.15) is 0 Å². The van der Waals surface area contributed by atoms with Crippen LogP contribution in [0.1, 0.15) is 57.8 Å². The smallest absolute Gasteiger partial charge is 0.242 e. The molecule has 1 atom stereocenters. The summed E-state index contributed by atoms with van der Waals surface area (Å²) in [5, 5.41) is 9.92. The molecule has 23 heavy (non-hydrogen) atoms. The molecule has 0 radical (unpaired) electrons. The van der Waals surface area contributed by atoms with Crippen molar-refractivity contribution in [3.63, 3.8) is 0 Å². The molecule has 0 bridgehead atoms. The number of aliphatic hydroxyl groups is 1. The summed E-state index contributed by atoms with van der Waals surface area (Å²) in [6.07, 6.45) is 9.19. The van der Waals surface area contributed by atoms with E-state index in [9.17, 15) is 14.7 Å². The van der Waals surface area contributed by atoms with Gasteiger partial charge in [-0.3, -0.25) is 9.59 Å². The minimum absolute atomic E-state index is 0.0635. The second-order valence-corrected chi connectivity index (χ2v) is 7.85. The van der Waals surface area contributed by atoms with Crippen LogP contribution in [0.5, 0.6) is 0 Å². The molecule has 130 valence electrons. The number of nitrogens with zero attached hydrogens (tertiary/aromatic N) is 2. The fourth-order valence-corrected chi connectivity index (χ4v) is 4.18. The van der Waals surface area contributed by atoms with Crippen LogP contribution in [0.3, 0.4) is 0 Å². The van der Waals surface area contributed by atoms with Crippen molar-refractivity contribution in [3.8, 4) is 0 Å². The Labute approximate surface area is 139 Å². The van der Waals surface area contributed by atoms with Crippen molar-refractivity contribution < 1.29 is 14.7 Å². The topological polar surface area (TPSA) is 60.9 Å². The van der Waals surface area contributed by atoms with Crippen molar-refractivity contribution >= 4 is 11.8 Å². The van der Waals surface area contributed by atoms with Gasteiger partial charge in [0, 0.05) is 31.5 Å². The Morgan fingerprint density at radius 2 is 2.00 bits per heavy atom. The first-order valence-corrected chi connectivity index (χ1v) is 9.28. The minimum atomic E-state index is -0.0993. The molecule has 1 saturated carbocycles. The molecule has 1 N–H and O–H groups in total. The number of amides is 2. The zero-order valence-corrected chi connectivity index (χ0v) is 14.1. The van der Waals surface area contributed by atoms with Crippen molar-refractivity contribution in [2.75, 3.05) is 32.8 Å². The lowest BCUT2D eigenvalue weighted by Gasteiger charge is -2.42. The maximum Gasteiger partial charge on any atom is 0.242 e. The van der Waals surface area contributed by atoms with Gasteiger partial charge in [0.15, 0.2) is 0 Å². The fraction of sp³-hybridized carbons (Fsp3) is 0.889. The van der Waals surface area contributed by atoms with Gasteiger partial charge in [0.2, 0.25) is 11.8 Å². The third kappa shape index (κ3) is 4.25. The lowest BCUT2D eigenvalue weighted by Crippen LogP contribution is -2.51. The molecule has 3 fully saturated rings. The number of rotatable bonds is 5. The molecule has 0 aromatic carbocycles. The zero-order valence-electron chi connectivity index (χ0n) is 14.1. The van der Waals surface area contributed by atoms with Gasteiger partial charge in [0.1, 0.15) is 0 Å². The van der Waals surface area contributed by atoms with Gasteiger partial charge in [-0.25, -0.2) is 0 Å². The number of aliphatic hydroxyl groups excluding tert-OH is 1. The number of hydrogen-bond donors (Lipinski definition) is 1. The van der Waals surface area contributed by atoms with Crippen LogP contribution in [0.25, 0.3) is 0 Å². The Balaban J connectivity index is 1.58. The highest BCUT2D eigenvalue weighted by atomic mass is 16.3. The van der Waals surface area contributed by atoms with Crippen molar-refractivity contribution in [2.24, 2.45) is 11.3 Å². The summed E-state index contributed by atoms with van der Waals surface area (Å²) in [6, 6.07) is 0. The Bertz CT molecular complexity index is 450. The first kappa shape index (κ1) is 16.7. The second-order valence-electron chi connectivity index (χ2n) is 7.85. The maximum atomic E-state index is 12.7. The summed E-state index contributed by atoms with van der Waals surface area (Å²) in [4.78, 5) is 28.4. The summed E-state index contributed by atoms with van der Waals surface area (Å²) < 4.78 is 0. The van der Waals surface area contributed by atoms with E-state index in [4.69, 9.17) is 0 Å². The Hall–Kier alpha value is -1.10. The van der Waals surface area contributed by atoms with Crippen molar-refractivity contribution in [1.29, 1.82) is 0 Å². The molecule has 2 saturated heterocycles. The predicted octanol–water partition coefficient (Wildman–Crippen LogP) is 1.79. The second kappa shape index (κ2) is 7.20. The zero-order chi connectivity index (χ0) is 16.3. The molecule has 0 spiro atoms. The average Bonchev–Trinajstić information content (AvgIpc) is 3.38. The van der Waals surface area contributed by atoms with E-state index >= 15 is 0 Å². The molecule has 0 aromatic heterocycles. The Kier molecular flexibility index (Phi) is 5.24. The van der Waals surface area contributed by atoms with E-state index in [-0.39, 0.29) is 30.4 Å². The molecule has 2 amide bonds. The van der Waals surface area contributed by atoms with E-state index in [1.54, 1.807) is 4.90 Å². The highest BCUT2D eigenvalue weighted by molar-refractivity contribution is 5.85. The molecule has 5 heteroatoms. The number of hydrogen-bond acceptors (Lipinski definition) is 3. The first-order chi connectivity index (χ1) is 11.1. The lowest BCUT2D eigenvalue weighted by atomic mass is 9.76. The minimum Gasteiger partial charge on any atom is -0.396 e. The van der Waals surface area contributed by atoms with Crippen LogP contribution in [-0.4, -0.2) is 59.5 Å². The highest BCUT2D eigenvalue weighted by Gasteiger charge is 2.41. The van der Waals surface area contributed by atoms with Gasteiger partial charge in [0.05, 0.1) is 13.2 Å². The SMILES string of the molecule is O=C1CCCCCN1CC(=O)N1CCC[C@@](CO)(CC2CC2)C1. The molecular formula is C18H30N2O3. The van der Waals surface area contributed by atoms with Crippen LogP contribution in [-0.2, 0) is 9.59 Å². The molecule has 2 heterocycles. The quantitative estimate of drug-likeness (QED) is 0.839. The van der Waals surface area contributed by atoms with E-state index in [0.717, 1.165) is 51.0 Å². The Morgan fingerprint density at radius 3 is 2.74 bits per heavy atom. The maximum absolute atomic E-state index is 12.7. The number of carbonyl (C=O) groups excluding carboxylic acids is 2. The van der Waals surface area contributed by atoms with Crippen LogP contribution in [0.2, 0.25) is 0 Å². The first-order valence-electron chi connectivity index (χ1n) is 9.28. The van der Waals surface area contributed by atoms with E-state index in [2.05, 4.69) is 0 Å². The van der Waals surface area contributed by atoms with E-state index in [1.807, 2.05) is 4.90 Å². The normalized spacial score (nSPS) is 29.5. The monoisotopic (exact) mass is 322 g/mol. The largest absolute Gasteiger partial charge is 0.396 e. The van der Waals surface area contributed by atoms with E-state index < -0.39 is 0 Å². The van der Waals surface area contributed by atoms with E-state index in [1.165, 1.54) is 12.8 Å². The van der Waals surface area contributed by atoms with Gasteiger partial charge in [-0.15, -0.1) is 0 Å². The van der Waals surface area contributed by atoms with Crippen LogP contribution < -0.4 is 0 Å². The van der Waals surface area contributed by atoms with Gasteiger partial charge in [-0.05, 0) is 38.0 Å². The van der Waals surface area contributed by atoms with Gasteiger partial charge in [0.25, 0.3) is 0 Å². The molecule has 3 rings (SSSR count). The van der Waals surface area contributed by atoms with Crippen molar-refractivity contribution in [2.45, 2.75) is 57.8 Å². The van der Waals surface area contributed by atoms with Crippen LogP contribution in [0, 0.1) is 11.3 Å². The molecule has 1 aliphatic carbocycles. The summed E-state index contributed by atoms with van der Waals surface area (Å²) in [7, 11) is 0. The van der Waals surface area contributed by atoms with Crippen molar-refractivity contribution in [1.82, 2.24) is 9.80 Å². The fourth-order valence-electron chi connectivity index (χ4n) is 4.18. The lowest BCUT2D eigenvalue weighted by molar-refractivity contribution is -0.143. The summed E-state index contributed by atoms with van der Waals surface area (Å²) in [5.41, 5.74) is -0.0993. The molecule has 5 nitrogen and oxygen atoms in total. The predicted molar refractivity (Wildman–Crippen MR) is 87.7 cm³/mol.